The zero-order valence-corrected chi connectivity index (χ0v) is 18.5. The molecule has 0 radical (unpaired) electrons. The van der Waals surface area contributed by atoms with Crippen LogP contribution in [0.2, 0.25) is 5.02 Å². The maximum Gasteiger partial charge on any atom is 0.231 e. The molecular formula is C24H21ClN4O4. The van der Waals surface area contributed by atoms with Gasteiger partial charge in [-0.2, -0.15) is 5.10 Å². The highest BCUT2D eigenvalue weighted by molar-refractivity contribution is 6.30. The van der Waals surface area contributed by atoms with Crippen molar-refractivity contribution >= 4 is 29.1 Å². The number of hydrogen-bond donors (Lipinski definition) is 1. The van der Waals surface area contributed by atoms with Crippen LogP contribution in [0.15, 0.2) is 42.5 Å². The van der Waals surface area contributed by atoms with Gasteiger partial charge in [0.1, 0.15) is 0 Å². The van der Waals surface area contributed by atoms with E-state index in [0.717, 1.165) is 28.2 Å². The molecule has 9 heteroatoms. The number of aromatic nitrogens is 2. The van der Waals surface area contributed by atoms with E-state index in [0.29, 0.717) is 42.6 Å². The molecule has 3 aliphatic heterocycles. The van der Waals surface area contributed by atoms with E-state index < -0.39 is 0 Å². The van der Waals surface area contributed by atoms with Gasteiger partial charge in [-0.25, -0.2) is 0 Å². The summed E-state index contributed by atoms with van der Waals surface area (Å²) in [5.74, 6) is 0.833. The summed E-state index contributed by atoms with van der Waals surface area (Å²) in [6, 6.07) is 13.0. The number of fused-ring (bicyclic) bond motifs is 2. The summed E-state index contributed by atoms with van der Waals surface area (Å²) in [5.41, 5.74) is 4.50. The predicted octanol–water partition coefficient (Wildman–Crippen LogP) is 3.40. The summed E-state index contributed by atoms with van der Waals surface area (Å²) in [6.07, 6.45) is 0.893. The lowest BCUT2D eigenvalue weighted by atomic mass is 9.99. The van der Waals surface area contributed by atoms with Gasteiger partial charge in [0.15, 0.2) is 11.5 Å². The molecule has 0 bridgehead atoms. The van der Waals surface area contributed by atoms with Crippen molar-refractivity contribution in [2.24, 2.45) is 5.92 Å². The van der Waals surface area contributed by atoms with Crippen molar-refractivity contribution in [1.82, 2.24) is 15.1 Å². The van der Waals surface area contributed by atoms with Crippen molar-refractivity contribution in [3.8, 4) is 22.8 Å². The van der Waals surface area contributed by atoms with Crippen molar-refractivity contribution in [1.29, 1.82) is 0 Å². The molecule has 33 heavy (non-hydrogen) atoms. The molecule has 2 amide bonds. The third kappa shape index (κ3) is 3.51. The third-order valence-corrected chi connectivity index (χ3v) is 6.72. The fourth-order valence-corrected chi connectivity index (χ4v) is 4.98. The van der Waals surface area contributed by atoms with Crippen molar-refractivity contribution in [2.75, 3.05) is 24.8 Å². The molecule has 3 aliphatic rings. The highest BCUT2D eigenvalue weighted by Crippen LogP contribution is 2.38. The first-order valence-electron chi connectivity index (χ1n) is 10.9. The number of hydrogen-bond acceptors (Lipinski definition) is 5. The number of nitrogens with zero attached hydrogens (tertiary/aromatic N) is 3. The number of carbonyl (C=O) groups is 2. The van der Waals surface area contributed by atoms with E-state index in [1.165, 1.54) is 0 Å². The average Bonchev–Trinajstić information content (AvgIpc) is 3.55. The standard InChI is InChI=1S/C24H21ClN4O4/c25-16-3-1-2-14(8-16)23-18-12-28(7-6-19(18)26-27-23)24(31)15-9-22(30)29(11-15)17-4-5-20-21(10-17)33-13-32-20/h1-5,8,10,15H,6-7,9,11-13H2,(H,26,27). The fraction of sp³-hybridized carbons (Fsp3) is 0.292. The van der Waals surface area contributed by atoms with Gasteiger partial charge < -0.3 is 19.3 Å². The molecule has 4 heterocycles. The van der Waals surface area contributed by atoms with Gasteiger partial charge in [-0.05, 0) is 24.3 Å². The Hall–Kier alpha value is -3.52. The van der Waals surface area contributed by atoms with Crippen LogP contribution in [0.1, 0.15) is 17.7 Å². The van der Waals surface area contributed by atoms with Crippen LogP contribution in [0.25, 0.3) is 11.3 Å². The predicted molar refractivity (Wildman–Crippen MR) is 121 cm³/mol. The first-order valence-corrected chi connectivity index (χ1v) is 11.3. The molecule has 1 saturated heterocycles. The first kappa shape index (κ1) is 20.1. The van der Waals surface area contributed by atoms with Gasteiger partial charge in [-0.15, -0.1) is 0 Å². The van der Waals surface area contributed by atoms with E-state index in [2.05, 4.69) is 10.2 Å². The molecule has 1 atom stereocenters. The summed E-state index contributed by atoms with van der Waals surface area (Å²) < 4.78 is 10.8. The summed E-state index contributed by atoms with van der Waals surface area (Å²) in [7, 11) is 0. The van der Waals surface area contributed by atoms with Crippen LogP contribution in [0.4, 0.5) is 5.69 Å². The summed E-state index contributed by atoms with van der Waals surface area (Å²) in [5, 5.41) is 8.24. The molecule has 8 nitrogen and oxygen atoms in total. The highest BCUT2D eigenvalue weighted by atomic mass is 35.5. The number of rotatable bonds is 3. The Morgan fingerprint density at radius 2 is 2.03 bits per heavy atom. The molecule has 3 aromatic rings. The van der Waals surface area contributed by atoms with Crippen molar-refractivity contribution in [3.63, 3.8) is 0 Å². The Kier molecular flexibility index (Phi) is 4.76. The lowest BCUT2D eigenvalue weighted by Crippen LogP contribution is -2.40. The van der Waals surface area contributed by atoms with E-state index in [-0.39, 0.29) is 30.9 Å². The molecule has 1 unspecified atom stereocenters. The zero-order valence-electron chi connectivity index (χ0n) is 17.7. The largest absolute Gasteiger partial charge is 0.454 e. The van der Waals surface area contributed by atoms with E-state index in [1.54, 1.807) is 17.0 Å². The fourth-order valence-electron chi connectivity index (χ4n) is 4.79. The lowest BCUT2D eigenvalue weighted by molar-refractivity contribution is -0.136. The molecule has 2 aromatic carbocycles. The van der Waals surface area contributed by atoms with Gasteiger partial charge >= 0.3 is 0 Å². The molecule has 6 rings (SSSR count). The van der Waals surface area contributed by atoms with E-state index in [4.69, 9.17) is 21.1 Å². The third-order valence-electron chi connectivity index (χ3n) is 6.49. The quantitative estimate of drug-likeness (QED) is 0.642. The Morgan fingerprint density at radius 1 is 1.15 bits per heavy atom. The maximum atomic E-state index is 13.4. The minimum atomic E-state index is -0.383. The number of amides is 2. The van der Waals surface area contributed by atoms with Gasteiger partial charge in [0.2, 0.25) is 18.6 Å². The SMILES string of the molecule is O=C(C1CC(=O)N(c2ccc3c(c2)OCO3)C1)N1CCc2[nH]nc(-c3cccc(Cl)c3)c2C1. The van der Waals surface area contributed by atoms with Crippen LogP contribution >= 0.6 is 11.6 Å². The van der Waals surface area contributed by atoms with Crippen molar-refractivity contribution in [2.45, 2.75) is 19.4 Å². The molecule has 1 N–H and O–H groups in total. The molecule has 168 valence electrons. The summed E-state index contributed by atoms with van der Waals surface area (Å²) >= 11 is 6.17. The smallest absolute Gasteiger partial charge is 0.231 e. The van der Waals surface area contributed by atoms with Crippen LogP contribution in [0.3, 0.4) is 0 Å². The summed E-state index contributed by atoms with van der Waals surface area (Å²) in [6.45, 7) is 1.59. The van der Waals surface area contributed by atoms with Crippen LogP contribution < -0.4 is 14.4 Å². The Bertz CT molecular complexity index is 1270. The topological polar surface area (TPSA) is 87.8 Å². The van der Waals surface area contributed by atoms with Gasteiger partial charge in [0.25, 0.3) is 0 Å². The van der Waals surface area contributed by atoms with Crippen molar-refractivity contribution in [3.05, 3.63) is 58.7 Å². The monoisotopic (exact) mass is 464 g/mol. The molecular weight excluding hydrogens is 444 g/mol. The molecule has 1 fully saturated rings. The van der Waals surface area contributed by atoms with Gasteiger partial charge in [-0.1, -0.05) is 23.7 Å². The number of ether oxygens (including phenoxy) is 2. The highest BCUT2D eigenvalue weighted by Gasteiger charge is 2.39. The zero-order chi connectivity index (χ0) is 22.5. The number of carbonyl (C=O) groups excluding carboxylic acids is 2. The minimum absolute atomic E-state index is 0.00418. The summed E-state index contributed by atoms with van der Waals surface area (Å²) in [4.78, 5) is 29.7. The molecule has 0 saturated carbocycles. The maximum absolute atomic E-state index is 13.4. The van der Waals surface area contributed by atoms with E-state index >= 15 is 0 Å². The van der Waals surface area contributed by atoms with Crippen LogP contribution in [-0.4, -0.2) is 46.8 Å². The first-order chi connectivity index (χ1) is 16.1. The minimum Gasteiger partial charge on any atom is -0.454 e. The van der Waals surface area contributed by atoms with Crippen LogP contribution in [0.5, 0.6) is 11.5 Å². The molecule has 0 aliphatic carbocycles. The van der Waals surface area contributed by atoms with E-state index in [1.807, 2.05) is 35.2 Å². The van der Waals surface area contributed by atoms with Gasteiger partial charge in [0.05, 0.1) is 11.6 Å². The second-order valence-electron chi connectivity index (χ2n) is 8.49. The van der Waals surface area contributed by atoms with Gasteiger partial charge in [0, 0.05) is 66.1 Å². The lowest BCUT2D eigenvalue weighted by Gasteiger charge is -2.29. The Balaban J connectivity index is 1.20. The Morgan fingerprint density at radius 3 is 2.91 bits per heavy atom. The molecule has 0 spiro atoms. The van der Waals surface area contributed by atoms with Gasteiger partial charge in [-0.3, -0.25) is 14.7 Å². The second-order valence-corrected chi connectivity index (χ2v) is 8.93. The average molecular weight is 465 g/mol. The number of benzene rings is 2. The number of halogens is 1. The molecule has 1 aromatic heterocycles. The van der Waals surface area contributed by atoms with Crippen LogP contribution in [0, 0.1) is 5.92 Å². The van der Waals surface area contributed by atoms with Crippen LogP contribution in [-0.2, 0) is 22.6 Å². The second kappa shape index (κ2) is 7.81. The normalized spacial score (nSPS) is 19.2. The van der Waals surface area contributed by atoms with E-state index in [9.17, 15) is 9.59 Å². The number of anilines is 1. The Labute approximate surface area is 195 Å². The number of nitrogens with one attached hydrogen (secondary N) is 1. The van der Waals surface area contributed by atoms with Crippen molar-refractivity contribution < 1.29 is 19.1 Å². The number of aromatic amines is 1. The number of H-pyrrole nitrogens is 1.